The summed E-state index contributed by atoms with van der Waals surface area (Å²) in [6, 6.07) is 13.6. The van der Waals surface area contributed by atoms with Gasteiger partial charge in [0.15, 0.2) is 0 Å². The molecule has 0 bridgehead atoms. The second-order valence-electron chi connectivity index (χ2n) is 4.26. The van der Waals surface area contributed by atoms with Gasteiger partial charge in [0.05, 0.1) is 0 Å². The molecule has 3 rings (SSSR count). The van der Waals surface area contributed by atoms with E-state index in [0.29, 0.717) is 27.5 Å². The van der Waals surface area contributed by atoms with Crippen LogP contribution in [-0.2, 0) is 5.75 Å². The molecule has 0 aliphatic heterocycles. The first kappa shape index (κ1) is 14.1. The molecule has 3 aromatic rings. The Balaban J connectivity index is 1.72. The van der Waals surface area contributed by atoms with Crippen molar-refractivity contribution >= 4 is 23.4 Å². The molecule has 0 spiro atoms. The minimum absolute atomic E-state index is 0.302. The minimum Gasteiger partial charge on any atom is -0.411 e. The third-order valence-corrected chi connectivity index (χ3v) is 4.02. The Morgan fingerprint density at radius 1 is 1.10 bits per heavy atom. The SMILES string of the molecule is Fc1cccc(-c2nnc(SCc3ccccc3Cl)o2)c1. The van der Waals surface area contributed by atoms with Gasteiger partial charge in [0.2, 0.25) is 5.89 Å². The lowest BCUT2D eigenvalue weighted by Gasteiger charge is -2.00. The summed E-state index contributed by atoms with van der Waals surface area (Å²) in [5.74, 6) is 0.594. The van der Waals surface area contributed by atoms with E-state index in [9.17, 15) is 4.39 Å². The van der Waals surface area contributed by atoms with E-state index in [4.69, 9.17) is 16.0 Å². The van der Waals surface area contributed by atoms with E-state index in [1.54, 1.807) is 12.1 Å². The Bertz CT molecular complexity index is 763. The minimum atomic E-state index is -0.337. The lowest BCUT2D eigenvalue weighted by atomic mass is 10.2. The maximum atomic E-state index is 13.2. The van der Waals surface area contributed by atoms with Crippen LogP contribution in [0.25, 0.3) is 11.5 Å². The molecule has 21 heavy (non-hydrogen) atoms. The Labute approximate surface area is 130 Å². The number of rotatable bonds is 4. The lowest BCUT2D eigenvalue weighted by molar-refractivity contribution is 0.465. The van der Waals surface area contributed by atoms with Crippen molar-refractivity contribution in [2.75, 3.05) is 0 Å². The molecule has 2 aromatic carbocycles. The van der Waals surface area contributed by atoms with Gasteiger partial charge >= 0.3 is 0 Å². The van der Waals surface area contributed by atoms with E-state index in [1.807, 2.05) is 24.3 Å². The third-order valence-electron chi connectivity index (χ3n) is 2.79. The second-order valence-corrected chi connectivity index (χ2v) is 5.60. The number of hydrogen-bond donors (Lipinski definition) is 0. The Kier molecular flexibility index (Phi) is 4.22. The first-order valence-electron chi connectivity index (χ1n) is 6.18. The van der Waals surface area contributed by atoms with Crippen LogP contribution in [0.3, 0.4) is 0 Å². The maximum absolute atomic E-state index is 13.2. The summed E-state index contributed by atoms with van der Waals surface area (Å²) in [5.41, 5.74) is 1.56. The average Bonchev–Trinajstić information content (AvgIpc) is 2.95. The van der Waals surface area contributed by atoms with Crippen LogP contribution < -0.4 is 0 Å². The Hall–Kier alpha value is -1.85. The molecule has 0 aliphatic carbocycles. The van der Waals surface area contributed by atoms with Gasteiger partial charge in [0.25, 0.3) is 5.22 Å². The van der Waals surface area contributed by atoms with Gasteiger partial charge in [0, 0.05) is 16.3 Å². The van der Waals surface area contributed by atoms with Gasteiger partial charge in [-0.1, -0.05) is 47.6 Å². The molecule has 0 saturated carbocycles. The molecular weight excluding hydrogens is 311 g/mol. The Morgan fingerprint density at radius 2 is 1.95 bits per heavy atom. The summed E-state index contributed by atoms with van der Waals surface area (Å²) in [6.45, 7) is 0. The van der Waals surface area contributed by atoms with Crippen molar-refractivity contribution in [3.63, 3.8) is 0 Å². The molecule has 0 fully saturated rings. The summed E-state index contributed by atoms with van der Waals surface area (Å²) in [4.78, 5) is 0. The van der Waals surface area contributed by atoms with Crippen molar-refractivity contribution in [2.24, 2.45) is 0 Å². The van der Waals surface area contributed by atoms with E-state index < -0.39 is 0 Å². The lowest BCUT2D eigenvalue weighted by Crippen LogP contribution is -1.81. The fraction of sp³-hybridized carbons (Fsp3) is 0.0667. The van der Waals surface area contributed by atoms with Crippen molar-refractivity contribution in [3.05, 3.63) is 64.9 Å². The van der Waals surface area contributed by atoms with E-state index in [2.05, 4.69) is 10.2 Å². The van der Waals surface area contributed by atoms with Crippen LogP contribution in [0.2, 0.25) is 5.02 Å². The van der Waals surface area contributed by atoms with Gasteiger partial charge in [-0.15, -0.1) is 10.2 Å². The highest BCUT2D eigenvalue weighted by molar-refractivity contribution is 7.98. The first-order chi connectivity index (χ1) is 10.2. The molecule has 0 saturated heterocycles. The number of thioether (sulfide) groups is 1. The molecule has 0 radical (unpaired) electrons. The predicted molar refractivity (Wildman–Crippen MR) is 80.7 cm³/mol. The molecule has 106 valence electrons. The van der Waals surface area contributed by atoms with Crippen LogP contribution in [0.1, 0.15) is 5.56 Å². The number of aromatic nitrogens is 2. The highest BCUT2D eigenvalue weighted by Gasteiger charge is 2.10. The molecule has 3 nitrogen and oxygen atoms in total. The molecule has 1 heterocycles. The first-order valence-corrected chi connectivity index (χ1v) is 7.54. The molecule has 0 unspecified atom stereocenters. The monoisotopic (exact) mass is 320 g/mol. The van der Waals surface area contributed by atoms with Crippen LogP contribution in [-0.4, -0.2) is 10.2 Å². The van der Waals surface area contributed by atoms with Crippen molar-refractivity contribution in [1.82, 2.24) is 10.2 Å². The predicted octanol–water partition coefficient (Wildman–Crippen LogP) is 4.82. The zero-order chi connectivity index (χ0) is 14.7. The highest BCUT2D eigenvalue weighted by Crippen LogP contribution is 2.28. The normalized spacial score (nSPS) is 10.8. The third kappa shape index (κ3) is 3.43. The summed E-state index contributed by atoms with van der Waals surface area (Å²) < 4.78 is 18.7. The maximum Gasteiger partial charge on any atom is 0.277 e. The molecule has 6 heteroatoms. The summed E-state index contributed by atoms with van der Waals surface area (Å²) in [5, 5.41) is 9.00. The van der Waals surface area contributed by atoms with Crippen molar-refractivity contribution in [2.45, 2.75) is 11.0 Å². The Morgan fingerprint density at radius 3 is 2.76 bits per heavy atom. The quantitative estimate of drug-likeness (QED) is 0.646. The van der Waals surface area contributed by atoms with Crippen molar-refractivity contribution in [1.29, 1.82) is 0 Å². The number of benzene rings is 2. The summed E-state index contributed by atoms with van der Waals surface area (Å²) >= 11 is 7.48. The summed E-state index contributed by atoms with van der Waals surface area (Å²) in [7, 11) is 0. The molecule has 0 N–H and O–H groups in total. The van der Waals surface area contributed by atoms with Crippen LogP contribution in [0.5, 0.6) is 0 Å². The van der Waals surface area contributed by atoms with Crippen molar-refractivity contribution in [3.8, 4) is 11.5 Å². The van der Waals surface area contributed by atoms with Gasteiger partial charge in [-0.2, -0.15) is 0 Å². The zero-order valence-electron chi connectivity index (χ0n) is 10.8. The standard InChI is InChI=1S/C15H10ClFN2OS/c16-13-7-2-1-4-11(13)9-21-15-19-18-14(20-15)10-5-3-6-12(17)8-10/h1-8H,9H2. The molecule has 0 aliphatic rings. The largest absolute Gasteiger partial charge is 0.411 e. The summed E-state index contributed by atoms with van der Waals surface area (Å²) in [6.07, 6.45) is 0. The van der Waals surface area contributed by atoms with Crippen LogP contribution in [0, 0.1) is 5.82 Å². The zero-order valence-corrected chi connectivity index (χ0v) is 12.4. The average molecular weight is 321 g/mol. The molecule has 0 atom stereocenters. The fourth-order valence-electron chi connectivity index (χ4n) is 1.76. The number of halogens is 2. The molecule has 0 amide bonds. The fourth-order valence-corrected chi connectivity index (χ4v) is 2.81. The number of hydrogen-bond acceptors (Lipinski definition) is 4. The van der Waals surface area contributed by atoms with Gasteiger partial charge in [-0.3, -0.25) is 0 Å². The molecule has 1 aromatic heterocycles. The topological polar surface area (TPSA) is 38.9 Å². The van der Waals surface area contributed by atoms with Crippen LogP contribution in [0.15, 0.2) is 58.2 Å². The molecular formula is C15H10ClFN2OS. The van der Waals surface area contributed by atoms with Crippen LogP contribution in [0.4, 0.5) is 4.39 Å². The van der Waals surface area contributed by atoms with Gasteiger partial charge in [-0.25, -0.2) is 4.39 Å². The van der Waals surface area contributed by atoms with E-state index in [1.165, 1.54) is 23.9 Å². The van der Waals surface area contributed by atoms with Gasteiger partial charge < -0.3 is 4.42 Å². The van der Waals surface area contributed by atoms with Crippen LogP contribution >= 0.6 is 23.4 Å². The smallest absolute Gasteiger partial charge is 0.277 e. The highest BCUT2D eigenvalue weighted by atomic mass is 35.5. The van der Waals surface area contributed by atoms with E-state index in [-0.39, 0.29) is 5.82 Å². The second kappa shape index (κ2) is 6.28. The number of nitrogens with zero attached hydrogens (tertiary/aromatic N) is 2. The van der Waals surface area contributed by atoms with Gasteiger partial charge in [0.1, 0.15) is 5.82 Å². The van der Waals surface area contributed by atoms with E-state index >= 15 is 0 Å². The van der Waals surface area contributed by atoms with Crippen molar-refractivity contribution < 1.29 is 8.81 Å². The van der Waals surface area contributed by atoms with Gasteiger partial charge in [-0.05, 0) is 29.8 Å². The van der Waals surface area contributed by atoms with E-state index in [0.717, 1.165) is 5.56 Å².